The zero-order valence-electron chi connectivity index (χ0n) is 15.1. The quantitative estimate of drug-likeness (QED) is 0.411. The Morgan fingerprint density at radius 2 is 1.65 bits per heavy atom. The van der Waals surface area contributed by atoms with E-state index in [0.29, 0.717) is 6.42 Å². The lowest BCUT2D eigenvalue weighted by molar-refractivity contribution is -0.137. The Labute approximate surface area is 142 Å². The highest BCUT2D eigenvalue weighted by molar-refractivity contribution is 5.66. The van der Waals surface area contributed by atoms with Crippen molar-refractivity contribution in [2.24, 2.45) is 11.8 Å². The zero-order valence-corrected chi connectivity index (χ0v) is 15.1. The van der Waals surface area contributed by atoms with Crippen LogP contribution in [0.25, 0.3) is 0 Å². The normalized spacial score (nSPS) is 22.3. The lowest BCUT2D eigenvalue weighted by Gasteiger charge is -2.21. The summed E-state index contributed by atoms with van der Waals surface area (Å²) in [5, 5.41) is 18.7. The molecule has 1 fully saturated rings. The van der Waals surface area contributed by atoms with Gasteiger partial charge in [0.1, 0.15) is 0 Å². The summed E-state index contributed by atoms with van der Waals surface area (Å²) >= 11 is 0. The van der Waals surface area contributed by atoms with Gasteiger partial charge in [-0.25, -0.2) is 0 Å². The number of carboxylic acids is 1. The molecule has 0 spiro atoms. The van der Waals surface area contributed by atoms with E-state index in [2.05, 4.69) is 6.92 Å². The van der Waals surface area contributed by atoms with Gasteiger partial charge in [0.25, 0.3) is 0 Å². The van der Waals surface area contributed by atoms with E-state index in [1.165, 1.54) is 64.2 Å². The van der Waals surface area contributed by atoms with Crippen LogP contribution in [0, 0.1) is 11.8 Å². The highest BCUT2D eigenvalue weighted by Gasteiger charge is 2.26. The summed E-state index contributed by atoms with van der Waals surface area (Å²) in [6.45, 7) is 2.21. The first-order valence-electron chi connectivity index (χ1n) is 10.0. The summed E-state index contributed by atoms with van der Waals surface area (Å²) in [5.74, 6) is 1.02. The molecule has 2 N–H and O–H groups in total. The molecule has 0 heterocycles. The van der Waals surface area contributed by atoms with Crippen LogP contribution in [0.3, 0.4) is 0 Å². The molecule has 3 heteroatoms. The fraction of sp³-hybridized carbons (Fsp3) is 0.950. The maximum Gasteiger partial charge on any atom is 0.303 e. The number of aliphatic hydroxyl groups excluding tert-OH is 1. The molecule has 0 aromatic heterocycles. The van der Waals surface area contributed by atoms with Crippen LogP contribution in [-0.4, -0.2) is 22.3 Å². The molecule has 0 aromatic rings. The topological polar surface area (TPSA) is 57.5 Å². The molecule has 0 aliphatic heterocycles. The number of hydrogen-bond acceptors (Lipinski definition) is 2. The fourth-order valence-corrected chi connectivity index (χ4v) is 4.09. The van der Waals surface area contributed by atoms with Crippen molar-refractivity contribution < 1.29 is 15.0 Å². The number of aliphatic carboxylic acids is 1. The van der Waals surface area contributed by atoms with Gasteiger partial charge in [-0.3, -0.25) is 4.79 Å². The Balaban J connectivity index is 2.07. The van der Waals surface area contributed by atoms with E-state index in [0.717, 1.165) is 37.5 Å². The average molecular weight is 327 g/mol. The predicted octanol–water partition coefficient (Wildman–Crippen LogP) is 5.55. The standard InChI is InChI=1S/C20H38O3/c1-2-3-6-13-19(21)16-15-18-12-9-11-17(18)10-7-4-5-8-14-20(22)23/h17-19,21H,2-16H2,1H3,(H,22,23). The first-order chi connectivity index (χ1) is 11.1. The minimum absolute atomic E-state index is 0.0844. The SMILES string of the molecule is CCCCCC(O)CCC1CCCC1CCCCCCC(=O)O. The van der Waals surface area contributed by atoms with Crippen molar-refractivity contribution in [3.05, 3.63) is 0 Å². The van der Waals surface area contributed by atoms with Gasteiger partial charge in [0.15, 0.2) is 0 Å². The Hall–Kier alpha value is -0.570. The van der Waals surface area contributed by atoms with E-state index in [-0.39, 0.29) is 6.10 Å². The van der Waals surface area contributed by atoms with Crippen molar-refractivity contribution >= 4 is 5.97 Å². The molecule has 136 valence electrons. The highest BCUT2D eigenvalue weighted by atomic mass is 16.4. The number of carboxylic acid groups (broad SMARTS) is 1. The Bertz CT molecular complexity index is 303. The third-order valence-electron chi connectivity index (χ3n) is 5.54. The van der Waals surface area contributed by atoms with Crippen LogP contribution < -0.4 is 0 Å². The lowest BCUT2D eigenvalue weighted by atomic mass is 9.86. The van der Waals surface area contributed by atoms with E-state index >= 15 is 0 Å². The van der Waals surface area contributed by atoms with Crippen LogP contribution in [0.1, 0.15) is 103 Å². The average Bonchev–Trinajstić information content (AvgIpc) is 2.96. The zero-order chi connectivity index (χ0) is 16.9. The molecule has 1 saturated carbocycles. The van der Waals surface area contributed by atoms with Crippen molar-refractivity contribution in [1.29, 1.82) is 0 Å². The summed E-state index contributed by atoms with van der Waals surface area (Å²) in [7, 11) is 0. The van der Waals surface area contributed by atoms with Crippen LogP contribution in [0.2, 0.25) is 0 Å². The summed E-state index contributed by atoms with van der Waals surface area (Å²) in [4.78, 5) is 10.5. The molecule has 1 rings (SSSR count). The highest BCUT2D eigenvalue weighted by Crippen LogP contribution is 2.38. The predicted molar refractivity (Wildman–Crippen MR) is 95.6 cm³/mol. The van der Waals surface area contributed by atoms with E-state index in [1.807, 2.05) is 0 Å². The molecule has 0 amide bonds. The molecule has 0 saturated heterocycles. The van der Waals surface area contributed by atoms with E-state index in [9.17, 15) is 9.90 Å². The third kappa shape index (κ3) is 10.0. The molecular formula is C20H38O3. The van der Waals surface area contributed by atoms with Gasteiger partial charge in [-0.1, -0.05) is 71.1 Å². The minimum Gasteiger partial charge on any atom is -0.481 e. The van der Waals surface area contributed by atoms with Gasteiger partial charge >= 0.3 is 5.97 Å². The van der Waals surface area contributed by atoms with Crippen molar-refractivity contribution in [1.82, 2.24) is 0 Å². The summed E-state index contributed by atoms with van der Waals surface area (Å²) < 4.78 is 0. The van der Waals surface area contributed by atoms with Crippen LogP contribution >= 0.6 is 0 Å². The number of aliphatic hydroxyl groups is 1. The Kier molecular flexibility index (Phi) is 11.4. The fourth-order valence-electron chi connectivity index (χ4n) is 4.09. The number of rotatable bonds is 14. The molecule has 0 radical (unpaired) electrons. The van der Waals surface area contributed by atoms with Crippen LogP contribution in [0.15, 0.2) is 0 Å². The second kappa shape index (κ2) is 12.8. The van der Waals surface area contributed by atoms with Gasteiger partial charge in [0, 0.05) is 6.42 Å². The lowest BCUT2D eigenvalue weighted by Crippen LogP contribution is -2.13. The molecule has 0 aromatic carbocycles. The number of hydrogen-bond donors (Lipinski definition) is 2. The van der Waals surface area contributed by atoms with Gasteiger partial charge in [0.2, 0.25) is 0 Å². The van der Waals surface area contributed by atoms with Crippen molar-refractivity contribution in [3.8, 4) is 0 Å². The Morgan fingerprint density at radius 1 is 0.957 bits per heavy atom. The summed E-state index contributed by atoms with van der Waals surface area (Å²) in [5.41, 5.74) is 0. The smallest absolute Gasteiger partial charge is 0.303 e. The first-order valence-corrected chi connectivity index (χ1v) is 10.0. The second-order valence-corrected chi connectivity index (χ2v) is 7.52. The van der Waals surface area contributed by atoms with Gasteiger partial charge in [0.05, 0.1) is 6.10 Å². The molecule has 3 nitrogen and oxygen atoms in total. The number of unbranched alkanes of at least 4 members (excludes halogenated alkanes) is 5. The molecule has 1 aliphatic carbocycles. The largest absolute Gasteiger partial charge is 0.481 e. The minimum atomic E-state index is -0.668. The van der Waals surface area contributed by atoms with E-state index in [4.69, 9.17) is 5.11 Å². The van der Waals surface area contributed by atoms with Crippen LogP contribution in [0.5, 0.6) is 0 Å². The van der Waals surface area contributed by atoms with Crippen LogP contribution in [0.4, 0.5) is 0 Å². The monoisotopic (exact) mass is 326 g/mol. The molecule has 1 aliphatic rings. The number of carbonyl (C=O) groups is 1. The second-order valence-electron chi connectivity index (χ2n) is 7.52. The molecule has 3 atom stereocenters. The maximum absolute atomic E-state index is 10.5. The van der Waals surface area contributed by atoms with Gasteiger partial charge in [-0.05, 0) is 37.5 Å². The third-order valence-corrected chi connectivity index (χ3v) is 5.54. The van der Waals surface area contributed by atoms with Crippen molar-refractivity contribution in [2.75, 3.05) is 0 Å². The Morgan fingerprint density at radius 3 is 2.35 bits per heavy atom. The van der Waals surface area contributed by atoms with Crippen LogP contribution in [-0.2, 0) is 4.79 Å². The molecular weight excluding hydrogens is 288 g/mol. The summed E-state index contributed by atoms with van der Waals surface area (Å²) in [6.07, 6.45) is 16.7. The molecule has 23 heavy (non-hydrogen) atoms. The molecule has 0 bridgehead atoms. The molecule has 3 unspecified atom stereocenters. The van der Waals surface area contributed by atoms with Crippen molar-refractivity contribution in [3.63, 3.8) is 0 Å². The summed E-state index contributed by atoms with van der Waals surface area (Å²) in [6, 6.07) is 0. The van der Waals surface area contributed by atoms with E-state index < -0.39 is 5.97 Å². The van der Waals surface area contributed by atoms with Gasteiger partial charge < -0.3 is 10.2 Å². The van der Waals surface area contributed by atoms with E-state index in [1.54, 1.807) is 0 Å². The maximum atomic E-state index is 10.5. The van der Waals surface area contributed by atoms with Gasteiger partial charge in [-0.15, -0.1) is 0 Å². The first kappa shape index (κ1) is 20.5. The van der Waals surface area contributed by atoms with Gasteiger partial charge in [-0.2, -0.15) is 0 Å². The van der Waals surface area contributed by atoms with Crippen molar-refractivity contribution in [2.45, 2.75) is 109 Å².